The van der Waals surface area contributed by atoms with Crippen LogP contribution in [0, 0.1) is 11.2 Å². The minimum Gasteiger partial charge on any atom is -0.316 e. The fourth-order valence-corrected chi connectivity index (χ4v) is 3.13. The largest absolute Gasteiger partial charge is 0.316 e. The lowest BCUT2D eigenvalue weighted by Crippen LogP contribution is -2.33. The van der Waals surface area contributed by atoms with Crippen molar-refractivity contribution in [1.29, 1.82) is 0 Å². The van der Waals surface area contributed by atoms with Gasteiger partial charge in [0.05, 0.1) is 5.02 Å². The average molecular weight is 270 g/mol. The Morgan fingerprint density at radius 3 is 2.67 bits per heavy atom. The van der Waals surface area contributed by atoms with Gasteiger partial charge in [-0.3, -0.25) is 0 Å². The highest BCUT2D eigenvalue weighted by Gasteiger charge is 2.33. The van der Waals surface area contributed by atoms with Crippen molar-refractivity contribution < 1.29 is 4.39 Å². The molecule has 2 rings (SSSR count). The SMILES string of the molecule is CCNCC1(Cc2ccc(Cl)c(F)c2)CCCC1. The summed E-state index contributed by atoms with van der Waals surface area (Å²) in [5, 5.41) is 3.67. The van der Waals surface area contributed by atoms with Gasteiger partial charge in [-0.2, -0.15) is 0 Å². The van der Waals surface area contributed by atoms with E-state index in [1.165, 1.54) is 25.7 Å². The number of nitrogens with one attached hydrogen (secondary N) is 1. The quantitative estimate of drug-likeness (QED) is 0.845. The predicted octanol–water partition coefficient (Wildman–Crippen LogP) is 4.19. The molecule has 0 bridgehead atoms. The van der Waals surface area contributed by atoms with E-state index in [9.17, 15) is 4.39 Å². The Balaban J connectivity index is 2.10. The van der Waals surface area contributed by atoms with Gasteiger partial charge in [0.25, 0.3) is 0 Å². The highest BCUT2D eigenvalue weighted by molar-refractivity contribution is 6.30. The van der Waals surface area contributed by atoms with Gasteiger partial charge in [0.1, 0.15) is 5.82 Å². The van der Waals surface area contributed by atoms with Crippen molar-refractivity contribution in [3.05, 3.63) is 34.6 Å². The zero-order chi connectivity index (χ0) is 13.0. The highest BCUT2D eigenvalue weighted by atomic mass is 35.5. The standard InChI is InChI=1S/C15H21ClFN/c1-2-18-11-15(7-3-4-8-15)10-12-5-6-13(16)14(17)9-12/h5-6,9,18H,2-4,7-8,10-11H2,1H3. The maximum atomic E-state index is 13.5. The molecule has 100 valence electrons. The Kier molecular flexibility index (Phi) is 4.63. The molecule has 1 nitrogen and oxygen atoms in total. The summed E-state index contributed by atoms with van der Waals surface area (Å²) in [4.78, 5) is 0. The van der Waals surface area contributed by atoms with Gasteiger partial charge in [-0.25, -0.2) is 4.39 Å². The Morgan fingerprint density at radius 2 is 2.06 bits per heavy atom. The smallest absolute Gasteiger partial charge is 0.142 e. The number of rotatable bonds is 5. The van der Waals surface area contributed by atoms with Crippen molar-refractivity contribution in [3.8, 4) is 0 Å². The summed E-state index contributed by atoms with van der Waals surface area (Å²) in [5.41, 5.74) is 1.38. The molecule has 0 spiro atoms. The lowest BCUT2D eigenvalue weighted by molar-refractivity contribution is 0.280. The summed E-state index contributed by atoms with van der Waals surface area (Å²) in [7, 11) is 0. The molecule has 1 aromatic rings. The fourth-order valence-electron chi connectivity index (χ4n) is 3.01. The monoisotopic (exact) mass is 269 g/mol. The third-order valence-electron chi connectivity index (χ3n) is 3.98. The van der Waals surface area contributed by atoms with Crippen molar-refractivity contribution in [1.82, 2.24) is 5.32 Å². The Labute approximate surface area is 114 Å². The Bertz CT molecular complexity index is 399. The van der Waals surface area contributed by atoms with Crippen LogP contribution < -0.4 is 5.32 Å². The first-order valence-electron chi connectivity index (χ1n) is 6.80. The van der Waals surface area contributed by atoms with Gasteiger partial charge in [-0.1, -0.05) is 37.4 Å². The number of halogens is 2. The summed E-state index contributed by atoms with van der Waals surface area (Å²) in [6.45, 7) is 4.16. The minimum atomic E-state index is -0.300. The van der Waals surface area contributed by atoms with Gasteiger partial charge in [-0.15, -0.1) is 0 Å². The average Bonchev–Trinajstić information content (AvgIpc) is 2.80. The molecule has 0 atom stereocenters. The van der Waals surface area contributed by atoms with Crippen molar-refractivity contribution in [2.24, 2.45) is 5.41 Å². The van der Waals surface area contributed by atoms with E-state index in [4.69, 9.17) is 11.6 Å². The van der Waals surface area contributed by atoms with E-state index in [-0.39, 0.29) is 10.8 Å². The van der Waals surface area contributed by atoms with Crippen LogP contribution >= 0.6 is 11.6 Å². The maximum Gasteiger partial charge on any atom is 0.142 e. The molecule has 0 amide bonds. The second kappa shape index (κ2) is 6.03. The van der Waals surface area contributed by atoms with E-state index in [1.54, 1.807) is 12.1 Å². The summed E-state index contributed by atoms with van der Waals surface area (Å²) < 4.78 is 13.5. The molecule has 3 heteroatoms. The first kappa shape index (κ1) is 13.8. The molecular weight excluding hydrogens is 249 g/mol. The van der Waals surface area contributed by atoms with Crippen molar-refractivity contribution >= 4 is 11.6 Å². The van der Waals surface area contributed by atoms with Crippen LogP contribution in [0.25, 0.3) is 0 Å². The predicted molar refractivity (Wildman–Crippen MR) is 74.6 cm³/mol. The van der Waals surface area contributed by atoms with Crippen LogP contribution in [-0.4, -0.2) is 13.1 Å². The molecule has 1 fully saturated rings. The van der Waals surface area contributed by atoms with Gasteiger partial charge < -0.3 is 5.32 Å². The maximum absolute atomic E-state index is 13.5. The molecule has 1 aliphatic carbocycles. The Hall–Kier alpha value is -0.600. The molecule has 18 heavy (non-hydrogen) atoms. The van der Waals surface area contributed by atoms with E-state index in [0.717, 1.165) is 25.1 Å². The lowest BCUT2D eigenvalue weighted by Gasteiger charge is -2.29. The molecule has 1 N–H and O–H groups in total. The second-order valence-corrected chi connectivity index (χ2v) is 5.82. The van der Waals surface area contributed by atoms with Gasteiger partial charge in [0.15, 0.2) is 0 Å². The highest BCUT2D eigenvalue weighted by Crippen LogP contribution is 2.40. The first-order valence-corrected chi connectivity index (χ1v) is 7.18. The number of benzene rings is 1. The number of hydrogen-bond donors (Lipinski definition) is 1. The molecule has 0 radical (unpaired) electrons. The van der Waals surface area contributed by atoms with Crippen LogP contribution in [0.4, 0.5) is 4.39 Å². The van der Waals surface area contributed by atoms with Crippen molar-refractivity contribution in [2.45, 2.75) is 39.0 Å². The van der Waals surface area contributed by atoms with Crippen molar-refractivity contribution in [3.63, 3.8) is 0 Å². The molecule has 0 aromatic heterocycles. The van der Waals surface area contributed by atoms with Gasteiger partial charge in [-0.05, 0) is 48.9 Å². The summed E-state index contributed by atoms with van der Waals surface area (Å²) in [5.74, 6) is -0.300. The van der Waals surface area contributed by atoms with Gasteiger partial charge in [0.2, 0.25) is 0 Å². The summed E-state index contributed by atoms with van der Waals surface area (Å²) >= 11 is 5.73. The zero-order valence-electron chi connectivity index (χ0n) is 10.9. The van der Waals surface area contributed by atoms with Crippen LogP contribution in [-0.2, 0) is 6.42 Å². The van der Waals surface area contributed by atoms with Gasteiger partial charge >= 0.3 is 0 Å². The third-order valence-corrected chi connectivity index (χ3v) is 4.28. The molecule has 0 unspecified atom stereocenters. The van der Waals surface area contributed by atoms with Crippen LogP contribution in [0.15, 0.2) is 18.2 Å². The zero-order valence-corrected chi connectivity index (χ0v) is 11.7. The molecule has 0 aliphatic heterocycles. The normalized spacial score (nSPS) is 18.2. The van der Waals surface area contributed by atoms with Crippen molar-refractivity contribution in [2.75, 3.05) is 13.1 Å². The Morgan fingerprint density at radius 1 is 1.33 bits per heavy atom. The molecule has 0 heterocycles. The van der Waals surface area contributed by atoms with E-state index >= 15 is 0 Å². The summed E-state index contributed by atoms with van der Waals surface area (Å²) in [6.07, 6.45) is 6.02. The first-order chi connectivity index (χ1) is 8.65. The molecule has 1 aliphatic rings. The molecule has 1 aromatic carbocycles. The van der Waals surface area contributed by atoms with Crippen LogP contribution in [0.5, 0.6) is 0 Å². The topological polar surface area (TPSA) is 12.0 Å². The summed E-state index contributed by atoms with van der Waals surface area (Å²) in [6, 6.07) is 5.22. The van der Waals surface area contributed by atoms with Crippen LogP contribution in [0.1, 0.15) is 38.2 Å². The minimum absolute atomic E-state index is 0.214. The van der Waals surface area contributed by atoms with E-state index in [2.05, 4.69) is 12.2 Å². The molecule has 1 saturated carbocycles. The second-order valence-electron chi connectivity index (χ2n) is 5.41. The van der Waals surface area contributed by atoms with Gasteiger partial charge in [0, 0.05) is 6.54 Å². The van der Waals surface area contributed by atoms with E-state index < -0.39 is 0 Å². The van der Waals surface area contributed by atoms with Crippen LogP contribution in [0.2, 0.25) is 5.02 Å². The lowest BCUT2D eigenvalue weighted by atomic mass is 9.80. The number of hydrogen-bond acceptors (Lipinski definition) is 1. The third kappa shape index (κ3) is 3.24. The molecular formula is C15H21ClFN. The fraction of sp³-hybridized carbons (Fsp3) is 0.600. The molecule has 0 saturated heterocycles. The van der Waals surface area contributed by atoms with Crippen LogP contribution in [0.3, 0.4) is 0 Å². The van der Waals surface area contributed by atoms with E-state index in [1.807, 2.05) is 6.07 Å². The van der Waals surface area contributed by atoms with E-state index in [0.29, 0.717) is 5.41 Å².